The molecule has 1 amide bonds. The molecular weight excluding hydrogens is 389 g/mol. The molecule has 3 aromatic rings. The van der Waals surface area contributed by atoms with Crippen molar-refractivity contribution in [3.8, 4) is 11.5 Å². The van der Waals surface area contributed by atoms with Gasteiger partial charge in [0.2, 0.25) is 5.91 Å². The van der Waals surface area contributed by atoms with Crippen molar-refractivity contribution >= 4 is 22.6 Å². The third kappa shape index (κ3) is 3.65. The normalized spacial score (nSPS) is 18.9. The summed E-state index contributed by atoms with van der Waals surface area (Å²) >= 11 is 0. The lowest BCUT2D eigenvalue weighted by atomic mass is 9.85. The van der Waals surface area contributed by atoms with Gasteiger partial charge in [-0.15, -0.1) is 0 Å². The van der Waals surface area contributed by atoms with Crippen LogP contribution in [0.1, 0.15) is 31.7 Å². The van der Waals surface area contributed by atoms with Crippen LogP contribution in [0, 0.1) is 11.7 Å². The number of rotatable bonds is 5. The van der Waals surface area contributed by atoms with E-state index in [4.69, 9.17) is 9.47 Å². The van der Waals surface area contributed by atoms with Gasteiger partial charge in [0.05, 0.1) is 19.7 Å². The summed E-state index contributed by atoms with van der Waals surface area (Å²) < 4.78 is 25.9. The summed E-state index contributed by atoms with van der Waals surface area (Å²) in [5.74, 6) is -0.0709. The number of anilines is 1. The molecule has 0 aliphatic heterocycles. The molecule has 30 heavy (non-hydrogen) atoms. The number of aromatic nitrogens is 2. The van der Waals surface area contributed by atoms with Crippen LogP contribution >= 0.6 is 0 Å². The lowest BCUT2D eigenvalue weighted by molar-refractivity contribution is -0.121. The summed E-state index contributed by atoms with van der Waals surface area (Å²) in [7, 11) is 2.97. The van der Waals surface area contributed by atoms with Crippen molar-refractivity contribution < 1.29 is 18.7 Å². The molecule has 8 heteroatoms. The van der Waals surface area contributed by atoms with Gasteiger partial charge in [-0.1, -0.05) is 6.07 Å². The van der Waals surface area contributed by atoms with E-state index in [2.05, 4.69) is 10.3 Å². The highest BCUT2D eigenvalue weighted by molar-refractivity contribution is 5.92. The Morgan fingerprint density at radius 1 is 1.10 bits per heavy atom. The summed E-state index contributed by atoms with van der Waals surface area (Å²) in [6.07, 6.45) is 2.72. The lowest BCUT2D eigenvalue weighted by Crippen LogP contribution is -2.31. The van der Waals surface area contributed by atoms with Crippen molar-refractivity contribution in [2.24, 2.45) is 5.92 Å². The molecular formula is C22H24FN3O4. The predicted octanol–water partition coefficient (Wildman–Crippen LogP) is 3.86. The Morgan fingerprint density at radius 2 is 1.83 bits per heavy atom. The minimum absolute atomic E-state index is 0.0147. The molecule has 0 saturated heterocycles. The molecule has 1 heterocycles. The number of carbonyl (C=O) groups excluding carboxylic acids is 1. The molecule has 0 bridgehead atoms. The van der Waals surface area contributed by atoms with Gasteiger partial charge in [-0.3, -0.25) is 9.36 Å². The molecule has 1 aliphatic rings. The molecule has 7 nitrogen and oxygen atoms in total. The number of hydrogen-bond donors (Lipinski definition) is 2. The second-order valence-corrected chi connectivity index (χ2v) is 7.50. The zero-order valence-electron chi connectivity index (χ0n) is 16.9. The number of aromatic amines is 1. The number of hydrogen-bond acceptors (Lipinski definition) is 4. The van der Waals surface area contributed by atoms with Crippen LogP contribution in [0.5, 0.6) is 11.5 Å². The van der Waals surface area contributed by atoms with E-state index in [0.29, 0.717) is 42.6 Å². The number of amides is 1. The summed E-state index contributed by atoms with van der Waals surface area (Å²) in [5.41, 5.74) is 1.73. The van der Waals surface area contributed by atoms with E-state index >= 15 is 0 Å². The minimum Gasteiger partial charge on any atom is -0.494 e. The maximum atomic E-state index is 13.9. The molecule has 2 aromatic carbocycles. The number of nitrogens with one attached hydrogen (secondary N) is 2. The first-order valence-corrected chi connectivity index (χ1v) is 9.93. The van der Waals surface area contributed by atoms with Crippen molar-refractivity contribution in [2.75, 3.05) is 19.5 Å². The second kappa shape index (κ2) is 8.22. The summed E-state index contributed by atoms with van der Waals surface area (Å²) in [4.78, 5) is 28.1. The average Bonchev–Trinajstić information content (AvgIpc) is 3.09. The highest BCUT2D eigenvalue weighted by atomic mass is 19.1. The number of para-hydroxylation sites is 1. The fraction of sp³-hybridized carbons (Fsp3) is 0.364. The third-order valence-electron chi connectivity index (χ3n) is 5.79. The number of ether oxygens (including phenoxy) is 2. The highest BCUT2D eigenvalue weighted by Gasteiger charge is 2.29. The van der Waals surface area contributed by atoms with Crippen LogP contribution < -0.4 is 20.5 Å². The monoisotopic (exact) mass is 413 g/mol. The highest BCUT2D eigenvalue weighted by Crippen LogP contribution is 2.35. The van der Waals surface area contributed by atoms with Gasteiger partial charge >= 0.3 is 5.69 Å². The van der Waals surface area contributed by atoms with E-state index in [1.165, 1.54) is 19.2 Å². The Bertz CT molecular complexity index is 1130. The third-order valence-corrected chi connectivity index (χ3v) is 5.79. The number of benzene rings is 2. The van der Waals surface area contributed by atoms with Crippen molar-refractivity contribution in [3.05, 3.63) is 52.7 Å². The molecule has 0 atom stereocenters. The Kier molecular flexibility index (Phi) is 5.48. The second-order valence-electron chi connectivity index (χ2n) is 7.50. The zero-order valence-corrected chi connectivity index (χ0v) is 16.9. The van der Waals surface area contributed by atoms with Crippen LogP contribution in [0.4, 0.5) is 10.1 Å². The van der Waals surface area contributed by atoms with Crippen LogP contribution in [0.15, 0.2) is 41.2 Å². The van der Waals surface area contributed by atoms with Crippen molar-refractivity contribution in [1.29, 1.82) is 0 Å². The first-order chi connectivity index (χ1) is 14.5. The SMILES string of the molecule is COc1ccc(NC(=O)C2CCC(n3c(=O)[nH]c4c(OC)cccc43)CC2)cc1F. The smallest absolute Gasteiger partial charge is 0.326 e. The van der Waals surface area contributed by atoms with Gasteiger partial charge in [-0.2, -0.15) is 0 Å². The molecule has 4 rings (SSSR count). The van der Waals surface area contributed by atoms with E-state index in [-0.39, 0.29) is 29.3 Å². The van der Waals surface area contributed by atoms with Gasteiger partial charge in [-0.05, 0) is 49.9 Å². The lowest BCUT2D eigenvalue weighted by Gasteiger charge is -2.28. The number of carbonyl (C=O) groups is 1. The van der Waals surface area contributed by atoms with Gasteiger partial charge in [0.15, 0.2) is 11.6 Å². The average molecular weight is 413 g/mol. The van der Waals surface area contributed by atoms with Crippen LogP contribution in [-0.2, 0) is 4.79 Å². The van der Waals surface area contributed by atoms with Gasteiger partial charge in [0, 0.05) is 23.7 Å². The molecule has 0 radical (unpaired) electrons. The fourth-order valence-electron chi connectivity index (χ4n) is 4.24. The van der Waals surface area contributed by atoms with Gasteiger partial charge in [0.25, 0.3) is 0 Å². The van der Waals surface area contributed by atoms with Crippen LogP contribution in [0.25, 0.3) is 11.0 Å². The summed E-state index contributed by atoms with van der Waals surface area (Å²) in [6.45, 7) is 0. The Morgan fingerprint density at radius 3 is 2.50 bits per heavy atom. The standard InChI is InChI=1S/C22H24FN3O4/c1-29-18-11-8-14(12-16(18)23)24-21(27)13-6-9-15(10-7-13)26-17-4-3-5-19(30-2)20(17)25-22(26)28/h3-5,8,11-13,15H,6-7,9-10H2,1-2H3,(H,24,27)(H,25,28). The van der Waals surface area contributed by atoms with E-state index in [9.17, 15) is 14.0 Å². The number of nitrogens with zero attached hydrogens (tertiary/aromatic N) is 1. The molecule has 158 valence electrons. The molecule has 1 fully saturated rings. The topological polar surface area (TPSA) is 85.4 Å². The van der Waals surface area contributed by atoms with Gasteiger partial charge in [-0.25, -0.2) is 9.18 Å². The van der Waals surface area contributed by atoms with Crippen LogP contribution in [0.3, 0.4) is 0 Å². The number of methoxy groups -OCH3 is 2. The molecule has 0 unspecified atom stereocenters. The predicted molar refractivity (Wildman–Crippen MR) is 112 cm³/mol. The maximum Gasteiger partial charge on any atom is 0.326 e. The van der Waals surface area contributed by atoms with Gasteiger partial charge < -0.3 is 19.8 Å². The summed E-state index contributed by atoms with van der Waals surface area (Å²) in [6, 6.07) is 9.93. The quantitative estimate of drug-likeness (QED) is 0.665. The van der Waals surface area contributed by atoms with E-state index in [1.54, 1.807) is 17.7 Å². The Hall–Kier alpha value is -3.29. The fourth-order valence-corrected chi connectivity index (χ4v) is 4.24. The van der Waals surface area contributed by atoms with Crippen LogP contribution in [0.2, 0.25) is 0 Å². The number of H-pyrrole nitrogens is 1. The van der Waals surface area contributed by atoms with Gasteiger partial charge in [0.1, 0.15) is 11.3 Å². The molecule has 2 N–H and O–H groups in total. The molecule has 1 aliphatic carbocycles. The Labute approximate surface area is 172 Å². The molecule has 1 aromatic heterocycles. The number of fused-ring (bicyclic) bond motifs is 1. The molecule has 1 saturated carbocycles. The van der Waals surface area contributed by atoms with Crippen molar-refractivity contribution in [3.63, 3.8) is 0 Å². The van der Waals surface area contributed by atoms with E-state index in [0.717, 1.165) is 5.52 Å². The largest absolute Gasteiger partial charge is 0.494 e. The zero-order chi connectivity index (χ0) is 21.3. The minimum atomic E-state index is -0.520. The molecule has 0 spiro atoms. The van der Waals surface area contributed by atoms with Crippen LogP contribution in [-0.4, -0.2) is 29.7 Å². The van der Waals surface area contributed by atoms with E-state index < -0.39 is 5.82 Å². The maximum absolute atomic E-state index is 13.9. The van der Waals surface area contributed by atoms with E-state index in [1.807, 2.05) is 18.2 Å². The Balaban J connectivity index is 1.45. The number of imidazole rings is 1. The van der Waals surface area contributed by atoms with Crippen molar-refractivity contribution in [2.45, 2.75) is 31.7 Å². The summed E-state index contributed by atoms with van der Waals surface area (Å²) in [5, 5.41) is 2.78. The number of halogens is 1. The first-order valence-electron chi connectivity index (χ1n) is 9.93. The first kappa shape index (κ1) is 20.0. The van der Waals surface area contributed by atoms with Crippen molar-refractivity contribution in [1.82, 2.24) is 9.55 Å².